The molecule has 1 saturated heterocycles. The van der Waals surface area contributed by atoms with Crippen molar-refractivity contribution in [2.75, 3.05) is 31.1 Å². The molecule has 0 aliphatic carbocycles. The lowest BCUT2D eigenvalue weighted by molar-refractivity contribution is 0.245. The minimum Gasteiger partial charge on any atom is -0.440 e. The number of halogens is 1. The first kappa shape index (κ1) is 16.3. The van der Waals surface area contributed by atoms with Crippen molar-refractivity contribution in [2.45, 2.75) is 13.5 Å². The van der Waals surface area contributed by atoms with Gasteiger partial charge in [-0.2, -0.15) is 0 Å². The monoisotopic (exact) mass is 357 g/mol. The maximum Gasteiger partial charge on any atom is 0.236 e. The second-order valence-corrected chi connectivity index (χ2v) is 7.16. The molecule has 3 heterocycles. The molecule has 0 spiro atoms. The lowest BCUT2D eigenvalue weighted by atomic mass is 10.2. The molecule has 0 N–H and O–H groups in total. The molecule has 2 aromatic heterocycles. The number of aromatic nitrogens is 1. The molecule has 4 rings (SSSR count). The summed E-state index contributed by atoms with van der Waals surface area (Å²) >= 11 is 1.63. The summed E-state index contributed by atoms with van der Waals surface area (Å²) in [5.41, 5.74) is 1.68. The summed E-state index contributed by atoms with van der Waals surface area (Å²) < 4.78 is 19.8. The number of para-hydroxylation sites is 1. The molecular formula is C19H20FN3OS. The third-order valence-corrected chi connectivity index (χ3v) is 5.42. The van der Waals surface area contributed by atoms with Gasteiger partial charge in [0.15, 0.2) is 0 Å². The quantitative estimate of drug-likeness (QED) is 0.701. The van der Waals surface area contributed by atoms with Crippen LogP contribution in [0.3, 0.4) is 0 Å². The largest absolute Gasteiger partial charge is 0.440 e. The Labute approximate surface area is 150 Å². The van der Waals surface area contributed by atoms with E-state index in [-0.39, 0.29) is 5.82 Å². The summed E-state index contributed by atoms with van der Waals surface area (Å²) in [6.45, 7) is 6.13. The lowest BCUT2D eigenvalue weighted by Gasteiger charge is -2.35. The van der Waals surface area contributed by atoms with Crippen molar-refractivity contribution in [3.63, 3.8) is 0 Å². The van der Waals surface area contributed by atoms with Gasteiger partial charge in [-0.1, -0.05) is 18.2 Å². The number of hydrogen-bond donors (Lipinski definition) is 0. The van der Waals surface area contributed by atoms with Crippen molar-refractivity contribution in [1.82, 2.24) is 9.88 Å². The van der Waals surface area contributed by atoms with Crippen LogP contribution >= 0.6 is 11.3 Å². The summed E-state index contributed by atoms with van der Waals surface area (Å²) in [5, 5.41) is 2.02. The normalized spacial score (nSPS) is 15.7. The number of nitrogens with zero attached hydrogens (tertiary/aromatic N) is 3. The molecule has 1 aromatic carbocycles. The third kappa shape index (κ3) is 3.45. The SMILES string of the molecule is Cc1oc(-c2cccs2)nc1CN1CCN(c2ccccc2F)CC1. The van der Waals surface area contributed by atoms with E-state index in [4.69, 9.17) is 4.42 Å². The molecule has 1 fully saturated rings. The Balaban J connectivity index is 1.40. The van der Waals surface area contributed by atoms with Crippen molar-refractivity contribution >= 4 is 17.0 Å². The molecule has 3 aromatic rings. The van der Waals surface area contributed by atoms with Crippen molar-refractivity contribution in [3.8, 4) is 10.8 Å². The van der Waals surface area contributed by atoms with E-state index in [0.717, 1.165) is 49.1 Å². The molecule has 0 amide bonds. The van der Waals surface area contributed by atoms with Crippen LogP contribution in [-0.2, 0) is 6.54 Å². The van der Waals surface area contributed by atoms with Crippen molar-refractivity contribution in [3.05, 3.63) is 59.0 Å². The zero-order chi connectivity index (χ0) is 17.2. The number of oxazole rings is 1. The van der Waals surface area contributed by atoms with Gasteiger partial charge in [0, 0.05) is 32.7 Å². The maximum atomic E-state index is 13.9. The Morgan fingerprint density at radius 1 is 1.12 bits per heavy atom. The van der Waals surface area contributed by atoms with Crippen molar-refractivity contribution < 1.29 is 8.81 Å². The molecule has 1 aliphatic heterocycles. The van der Waals surface area contributed by atoms with E-state index in [1.165, 1.54) is 6.07 Å². The summed E-state index contributed by atoms with van der Waals surface area (Å²) in [6, 6.07) is 11.0. The van der Waals surface area contributed by atoms with Gasteiger partial charge in [-0.25, -0.2) is 9.37 Å². The first-order valence-electron chi connectivity index (χ1n) is 8.43. The fraction of sp³-hybridized carbons (Fsp3) is 0.316. The van der Waals surface area contributed by atoms with Crippen LogP contribution in [0.2, 0.25) is 0 Å². The lowest BCUT2D eigenvalue weighted by Crippen LogP contribution is -2.46. The molecular weight excluding hydrogens is 337 g/mol. The number of aryl methyl sites for hydroxylation is 1. The number of hydrogen-bond acceptors (Lipinski definition) is 5. The predicted octanol–water partition coefficient (Wildman–Crippen LogP) is 4.17. The molecule has 1 aliphatic rings. The fourth-order valence-corrected chi connectivity index (χ4v) is 3.80. The summed E-state index contributed by atoms with van der Waals surface area (Å²) in [6.07, 6.45) is 0. The van der Waals surface area contributed by atoms with Crippen LogP contribution in [0.5, 0.6) is 0 Å². The average Bonchev–Trinajstić information content (AvgIpc) is 3.27. The number of thiophene rings is 1. The average molecular weight is 357 g/mol. The van der Waals surface area contributed by atoms with Crippen molar-refractivity contribution in [1.29, 1.82) is 0 Å². The summed E-state index contributed by atoms with van der Waals surface area (Å²) in [5.74, 6) is 1.43. The topological polar surface area (TPSA) is 32.5 Å². The van der Waals surface area contributed by atoms with Gasteiger partial charge < -0.3 is 9.32 Å². The van der Waals surface area contributed by atoms with Gasteiger partial charge in [-0.15, -0.1) is 11.3 Å². The second-order valence-electron chi connectivity index (χ2n) is 6.21. The smallest absolute Gasteiger partial charge is 0.236 e. The zero-order valence-corrected chi connectivity index (χ0v) is 14.9. The molecule has 0 saturated carbocycles. The van der Waals surface area contributed by atoms with Gasteiger partial charge in [0.1, 0.15) is 11.6 Å². The van der Waals surface area contributed by atoms with Crippen LogP contribution in [0.25, 0.3) is 10.8 Å². The summed E-state index contributed by atoms with van der Waals surface area (Å²) in [7, 11) is 0. The third-order valence-electron chi connectivity index (χ3n) is 4.56. The Kier molecular flexibility index (Phi) is 4.55. The second kappa shape index (κ2) is 6.98. The molecule has 6 heteroatoms. The number of anilines is 1. The van der Waals surface area contributed by atoms with Crippen LogP contribution in [0.4, 0.5) is 10.1 Å². The first-order chi connectivity index (χ1) is 12.2. The van der Waals surface area contributed by atoms with Gasteiger partial charge >= 0.3 is 0 Å². The number of benzene rings is 1. The highest BCUT2D eigenvalue weighted by Gasteiger charge is 2.21. The zero-order valence-electron chi connectivity index (χ0n) is 14.1. The Morgan fingerprint density at radius 3 is 2.64 bits per heavy atom. The van der Waals surface area contributed by atoms with Gasteiger partial charge in [-0.3, -0.25) is 4.90 Å². The molecule has 0 radical (unpaired) electrons. The van der Waals surface area contributed by atoms with Gasteiger partial charge in [0.2, 0.25) is 5.89 Å². The summed E-state index contributed by atoms with van der Waals surface area (Å²) in [4.78, 5) is 10.2. The van der Waals surface area contributed by atoms with Gasteiger partial charge in [0.25, 0.3) is 0 Å². The number of rotatable bonds is 4. The van der Waals surface area contributed by atoms with E-state index in [0.29, 0.717) is 11.6 Å². The highest BCUT2D eigenvalue weighted by Crippen LogP contribution is 2.27. The molecule has 0 atom stereocenters. The van der Waals surface area contributed by atoms with Gasteiger partial charge in [-0.05, 0) is 30.5 Å². The predicted molar refractivity (Wildman–Crippen MR) is 98.4 cm³/mol. The Hall–Kier alpha value is -2.18. The molecule has 0 unspecified atom stereocenters. The molecule has 25 heavy (non-hydrogen) atoms. The van der Waals surface area contributed by atoms with E-state index in [2.05, 4.69) is 14.8 Å². The molecule has 130 valence electrons. The highest BCUT2D eigenvalue weighted by molar-refractivity contribution is 7.13. The van der Waals surface area contributed by atoms with E-state index >= 15 is 0 Å². The fourth-order valence-electron chi connectivity index (χ4n) is 3.15. The highest BCUT2D eigenvalue weighted by atomic mass is 32.1. The van der Waals surface area contributed by atoms with E-state index in [1.54, 1.807) is 17.4 Å². The minimum atomic E-state index is -0.149. The van der Waals surface area contributed by atoms with E-state index < -0.39 is 0 Å². The van der Waals surface area contributed by atoms with Crippen LogP contribution in [0.15, 0.2) is 46.2 Å². The Bertz CT molecular complexity index is 838. The standard InChI is InChI=1S/C19H20FN3OS/c1-14-16(21-19(24-14)18-7-4-12-25-18)13-22-8-10-23(11-9-22)17-6-3-2-5-15(17)20/h2-7,12H,8-11,13H2,1H3. The van der Waals surface area contributed by atoms with Crippen LogP contribution in [0.1, 0.15) is 11.5 Å². The first-order valence-corrected chi connectivity index (χ1v) is 9.30. The minimum absolute atomic E-state index is 0.149. The Morgan fingerprint density at radius 2 is 1.92 bits per heavy atom. The molecule has 0 bridgehead atoms. The van der Waals surface area contributed by atoms with E-state index in [9.17, 15) is 4.39 Å². The van der Waals surface area contributed by atoms with Crippen molar-refractivity contribution in [2.24, 2.45) is 0 Å². The van der Waals surface area contributed by atoms with Crippen LogP contribution in [-0.4, -0.2) is 36.1 Å². The number of piperazine rings is 1. The van der Waals surface area contributed by atoms with Crippen LogP contribution in [0, 0.1) is 12.7 Å². The van der Waals surface area contributed by atoms with E-state index in [1.807, 2.05) is 36.6 Å². The van der Waals surface area contributed by atoms with Crippen LogP contribution < -0.4 is 4.90 Å². The molecule has 4 nitrogen and oxygen atoms in total. The maximum absolute atomic E-state index is 13.9. The van der Waals surface area contributed by atoms with Gasteiger partial charge in [0.05, 0.1) is 16.3 Å².